The number of hydrogen-bond donors (Lipinski definition) is 1. The summed E-state index contributed by atoms with van der Waals surface area (Å²) < 4.78 is 11.8. The van der Waals surface area contributed by atoms with Gasteiger partial charge in [0.05, 0.1) is 18.7 Å². The molecule has 5 rings (SSSR count). The van der Waals surface area contributed by atoms with Gasteiger partial charge >= 0.3 is 0 Å². The number of ether oxygens (including phenoxy) is 2. The smallest absolute Gasteiger partial charge is 0.161 e. The molecule has 1 saturated heterocycles. The van der Waals surface area contributed by atoms with E-state index in [4.69, 9.17) is 9.47 Å². The number of para-hydroxylation sites is 1. The van der Waals surface area contributed by atoms with E-state index in [2.05, 4.69) is 57.7 Å². The van der Waals surface area contributed by atoms with Gasteiger partial charge < -0.3 is 14.8 Å². The molecule has 1 aliphatic heterocycles. The van der Waals surface area contributed by atoms with E-state index in [0.717, 1.165) is 62.3 Å². The summed E-state index contributed by atoms with van der Waals surface area (Å²) in [6.07, 6.45) is 9.35. The fraction of sp³-hybridized carbons (Fsp3) is 0.444. The first-order chi connectivity index (χ1) is 15.8. The molecule has 0 atom stereocenters. The number of nitrogens with zero attached hydrogens (tertiary/aromatic N) is 2. The van der Waals surface area contributed by atoms with Crippen LogP contribution in [0.5, 0.6) is 11.5 Å². The van der Waals surface area contributed by atoms with Gasteiger partial charge in [-0.05, 0) is 68.4 Å². The third kappa shape index (κ3) is 4.83. The minimum Gasteiger partial charge on any atom is -0.493 e. The Morgan fingerprint density at radius 1 is 0.969 bits per heavy atom. The van der Waals surface area contributed by atoms with Crippen molar-refractivity contribution in [2.75, 3.05) is 25.5 Å². The lowest BCUT2D eigenvalue weighted by Crippen LogP contribution is -2.38. The molecule has 1 N–H and O–H groups in total. The second-order valence-electron chi connectivity index (χ2n) is 9.08. The van der Waals surface area contributed by atoms with Gasteiger partial charge in [-0.2, -0.15) is 0 Å². The molecular weight excluding hydrogens is 398 g/mol. The molecule has 0 bridgehead atoms. The highest BCUT2D eigenvalue weighted by Crippen LogP contribution is 2.33. The van der Waals surface area contributed by atoms with Crippen LogP contribution in [0.3, 0.4) is 0 Å². The van der Waals surface area contributed by atoms with Gasteiger partial charge in [-0.3, -0.25) is 9.88 Å². The monoisotopic (exact) mass is 431 g/mol. The molecule has 2 fully saturated rings. The Balaban J connectivity index is 1.18. The van der Waals surface area contributed by atoms with Crippen LogP contribution in [0.15, 0.2) is 54.7 Å². The Bertz CT molecular complexity index is 1030. The number of fused-ring (bicyclic) bond motifs is 1. The molecule has 0 amide bonds. The van der Waals surface area contributed by atoms with E-state index in [1.54, 1.807) is 7.11 Å². The van der Waals surface area contributed by atoms with Crippen molar-refractivity contribution in [3.63, 3.8) is 0 Å². The van der Waals surface area contributed by atoms with Crippen LogP contribution in [0, 0.1) is 0 Å². The number of methoxy groups -OCH3 is 1. The normalized spacial score (nSPS) is 18.2. The molecular formula is C27H33N3O2. The van der Waals surface area contributed by atoms with Gasteiger partial charge in [0.2, 0.25) is 0 Å². The van der Waals surface area contributed by atoms with Crippen LogP contribution < -0.4 is 14.8 Å². The Morgan fingerprint density at radius 3 is 2.59 bits per heavy atom. The Hall–Kier alpha value is -2.79. The number of likely N-dealkylation sites (tertiary alicyclic amines) is 1. The second-order valence-corrected chi connectivity index (χ2v) is 9.08. The number of aromatic nitrogens is 1. The summed E-state index contributed by atoms with van der Waals surface area (Å²) in [7, 11) is 1.72. The molecule has 0 spiro atoms. The van der Waals surface area contributed by atoms with Crippen molar-refractivity contribution in [1.82, 2.24) is 9.88 Å². The van der Waals surface area contributed by atoms with E-state index in [0.29, 0.717) is 12.1 Å². The molecule has 1 saturated carbocycles. The number of anilines is 1. The maximum atomic E-state index is 6.29. The molecule has 0 unspecified atom stereocenters. The van der Waals surface area contributed by atoms with E-state index in [1.807, 2.05) is 12.3 Å². The maximum Gasteiger partial charge on any atom is 0.161 e. The Morgan fingerprint density at radius 2 is 1.78 bits per heavy atom. The summed E-state index contributed by atoms with van der Waals surface area (Å²) >= 11 is 0. The van der Waals surface area contributed by atoms with Crippen molar-refractivity contribution in [3.05, 3.63) is 60.3 Å². The van der Waals surface area contributed by atoms with Crippen LogP contribution in [-0.4, -0.2) is 42.2 Å². The highest BCUT2D eigenvalue weighted by molar-refractivity contribution is 5.90. The Kier molecular flexibility index (Phi) is 6.44. The quantitative estimate of drug-likeness (QED) is 0.524. The van der Waals surface area contributed by atoms with Crippen molar-refractivity contribution < 1.29 is 9.47 Å². The zero-order valence-corrected chi connectivity index (χ0v) is 18.9. The van der Waals surface area contributed by atoms with Gasteiger partial charge in [-0.1, -0.05) is 24.3 Å². The summed E-state index contributed by atoms with van der Waals surface area (Å²) in [4.78, 5) is 7.02. The number of hydrogen-bond acceptors (Lipinski definition) is 5. The van der Waals surface area contributed by atoms with Gasteiger partial charge in [0.15, 0.2) is 11.5 Å². The largest absolute Gasteiger partial charge is 0.493 e. The highest BCUT2D eigenvalue weighted by atomic mass is 16.5. The average molecular weight is 432 g/mol. The fourth-order valence-electron chi connectivity index (χ4n) is 5.03. The Labute approximate surface area is 190 Å². The molecule has 168 valence electrons. The predicted octanol–water partition coefficient (Wildman–Crippen LogP) is 5.64. The maximum absolute atomic E-state index is 6.29. The summed E-state index contributed by atoms with van der Waals surface area (Å²) in [5.41, 5.74) is 3.54. The number of rotatable bonds is 7. The van der Waals surface area contributed by atoms with Crippen LogP contribution in [0.4, 0.5) is 5.69 Å². The lowest BCUT2D eigenvalue weighted by atomic mass is 10.0. The van der Waals surface area contributed by atoms with Gasteiger partial charge in [-0.15, -0.1) is 0 Å². The van der Waals surface area contributed by atoms with E-state index < -0.39 is 0 Å². The van der Waals surface area contributed by atoms with Gasteiger partial charge in [0.1, 0.15) is 0 Å². The van der Waals surface area contributed by atoms with Crippen molar-refractivity contribution in [3.8, 4) is 11.5 Å². The van der Waals surface area contributed by atoms with E-state index in [1.165, 1.54) is 29.5 Å². The molecule has 1 aliphatic carbocycles. The minimum absolute atomic E-state index is 0.338. The van der Waals surface area contributed by atoms with Gasteiger partial charge in [0.25, 0.3) is 0 Å². The summed E-state index contributed by atoms with van der Waals surface area (Å²) in [5, 5.41) is 4.97. The average Bonchev–Trinajstić information content (AvgIpc) is 3.34. The summed E-state index contributed by atoms with van der Waals surface area (Å²) in [6, 6.07) is 17.4. The molecule has 0 radical (unpaired) electrons. The SMILES string of the molecule is COc1ccc(CN2CCC(Nc3ccnc4ccccc34)CC2)cc1OC1CCCC1. The second kappa shape index (κ2) is 9.78. The molecule has 2 aromatic carbocycles. The number of pyridine rings is 1. The zero-order valence-electron chi connectivity index (χ0n) is 18.9. The lowest BCUT2D eigenvalue weighted by molar-refractivity contribution is 0.197. The first kappa shape index (κ1) is 21.1. The number of nitrogens with one attached hydrogen (secondary N) is 1. The predicted molar refractivity (Wildman–Crippen MR) is 130 cm³/mol. The van der Waals surface area contributed by atoms with Crippen LogP contribution in [0.25, 0.3) is 10.9 Å². The van der Waals surface area contributed by atoms with E-state index >= 15 is 0 Å². The van der Waals surface area contributed by atoms with E-state index in [9.17, 15) is 0 Å². The van der Waals surface area contributed by atoms with Crippen LogP contribution in [0.1, 0.15) is 44.1 Å². The highest BCUT2D eigenvalue weighted by Gasteiger charge is 2.22. The molecule has 5 heteroatoms. The van der Waals surface area contributed by atoms with Crippen molar-refractivity contribution in [1.29, 1.82) is 0 Å². The first-order valence-electron chi connectivity index (χ1n) is 11.9. The first-order valence-corrected chi connectivity index (χ1v) is 11.9. The minimum atomic E-state index is 0.338. The molecule has 1 aromatic heterocycles. The molecule has 2 heterocycles. The molecule has 32 heavy (non-hydrogen) atoms. The van der Waals surface area contributed by atoms with Crippen LogP contribution >= 0.6 is 0 Å². The zero-order chi connectivity index (χ0) is 21.8. The third-order valence-corrected chi connectivity index (χ3v) is 6.83. The number of benzene rings is 2. The number of piperidine rings is 1. The van der Waals surface area contributed by atoms with Crippen LogP contribution in [-0.2, 0) is 6.54 Å². The topological polar surface area (TPSA) is 46.6 Å². The van der Waals surface area contributed by atoms with Crippen molar-refractivity contribution in [2.45, 2.75) is 57.2 Å². The lowest BCUT2D eigenvalue weighted by Gasteiger charge is -2.33. The van der Waals surface area contributed by atoms with Crippen LogP contribution in [0.2, 0.25) is 0 Å². The molecule has 2 aliphatic rings. The molecule has 5 nitrogen and oxygen atoms in total. The standard InChI is InChI=1S/C27H33N3O2/c1-31-26-11-10-20(18-27(26)32-22-6-2-3-7-22)19-30-16-13-21(14-17-30)29-25-12-15-28-24-9-5-4-8-23(24)25/h4-5,8-12,15,18,21-22H,2-3,6-7,13-14,16-17,19H2,1H3,(H,28,29). The van der Waals surface area contributed by atoms with Crippen molar-refractivity contribution >= 4 is 16.6 Å². The van der Waals surface area contributed by atoms with Gasteiger partial charge in [0, 0.05) is 42.9 Å². The van der Waals surface area contributed by atoms with Gasteiger partial charge in [-0.25, -0.2) is 0 Å². The summed E-state index contributed by atoms with van der Waals surface area (Å²) in [6.45, 7) is 3.13. The summed E-state index contributed by atoms with van der Waals surface area (Å²) in [5.74, 6) is 1.74. The molecule has 3 aromatic rings. The fourth-order valence-corrected chi connectivity index (χ4v) is 5.03. The van der Waals surface area contributed by atoms with Crippen molar-refractivity contribution in [2.24, 2.45) is 0 Å². The third-order valence-electron chi connectivity index (χ3n) is 6.83. The van der Waals surface area contributed by atoms with E-state index in [-0.39, 0.29) is 0 Å².